The molecule has 0 radical (unpaired) electrons. The molecule has 118 valence electrons. The first-order chi connectivity index (χ1) is 9.29. The third-order valence-electron chi connectivity index (χ3n) is 3.53. The Bertz CT molecular complexity index is 297. The molecule has 0 aromatic heterocycles. The number of nitrogens with zero attached hydrogens (tertiary/aromatic N) is 1. The standard InChI is InChI=1S/C16H32N2O2/c1-13(2)9-10-17-12-14-8-6-7-11-18(14)15(19)20-16(3,4)5/h13-14,17H,6-12H2,1-5H3. The van der Waals surface area contributed by atoms with Crippen molar-refractivity contribution in [3.8, 4) is 0 Å². The van der Waals surface area contributed by atoms with Crippen molar-refractivity contribution >= 4 is 6.09 Å². The highest BCUT2D eigenvalue weighted by Gasteiger charge is 2.29. The van der Waals surface area contributed by atoms with Crippen LogP contribution in [0.5, 0.6) is 0 Å². The van der Waals surface area contributed by atoms with Crippen molar-refractivity contribution in [3.05, 3.63) is 0 Å². The van der Waals surface area contributed by atoms with Crippen LogP contribution in [0.15, 0.2) is 0 Å². The summed E-state index contributed by atoms with van der Waals surface area (Å²) in [6.07, 6.45) is 4.39. The first kappa shape index (κ1) is 17.3. The van der Waals surface area contributed by atoms with Gasteiger partial charge in [-0.25, -0.2) is 4.79 Å². The molecule has 1 fully saturated rings. The highest BCUT2D eigenvalue weighted by Crippen LogP contribution is 2.20. The van der Waals surface area contributed by atoms with E-state index < -0.39 is 5.60 Å². The van der Waals surface area contributed by atoms with E-state index in [0.29, 0.717) is 0 Å². The van der Waals surface area contributed by atoms with Crippen LogP contribution in [0.3, 0.4) is 0 Å². The molecule has 1 rings (SSSR count). The number of piperidine rings is 1. The molecule has 4 nitrogen and oxygen atoms in total. The van der Waals surface area contributed by atoms with Gasteiger partial charge in [0.05, 0.1) is 0 Å². The lowest BCUT2D eigenvalue weighted by Crippen LogP contribution is -2.50. The molecule has 1 amide bonds. The monoisotopic (exact) mass is 284 g/mol. The zero-order valence-electron chi connectivity index (χ0n) is 13.9. The summed E-state index contributed by atoms with van der Waals surface area (Å²) < 4.78 is 5.51. The average Bonchev–Trinajstić information content (AvgIpc) is 2.32. The van der Waals surface area contributed by atoms with Crippen molar-refractivity contribution in [2.45, 2.75) is 71.9 Å². The van der Waals surface area contributed by atoms with Gasteiger partial charge < -0.3 is 15.0 Å². The van der Waals surface area contributed by atoms with Gasteiger partial charge in [0.1, 0.15) is 5.60 Å². The normalized spacial score (nSPS) is 20.3. The minimum Gasteiger partial charge on any atom is -0.444 e. The summed E-state index contributed by atoms with van der Waals surface area (Å²) in [5, 5.41) is 3.48. The molecule has 0 aliphatic carbocycles. The minimum absolute atomic E-state index is 0.159. The smallest absolute Gasteiger partial charge is 0.410 e. The van der Waals surface area contributed by atoms with Gasteiger partial charge in [0.2, 0.25) is 0 Å². The largest absolute Gasteiger partial charge is 0.444 e. The van der Waals surface area contributed by atoms with Crippen molar-refractivity contribution in [1.82, 2.24) is 10.2 Å². The Kier molecular flexibility index (Phi) is 6.80. The molecule has 1 N–H and O–H groups in total. The third-order valence-corrected chi connectivity index (χ3v) is 3.53. The molecular formula is C16H32N2O2. The molecule has 0 aromatic carbocycles. The second-order valence-electron chi connectivity index (χ2n) is 7.21. The van der Waals surface area contributed by atoms with Gasteiger partial charge in [-0.15, -0.1) is 0 Å². The number of nitrogens with one attached hydrogen (secondary N) is 1. The molecule has 0 aromatic rings. The fourth-order valence-electron chi connectivity index (χ4n) is 2.43. The summed E-state index contributed by atoms with van der Waals surface area (Å²) in [5.41, 5.74) is -0.413. The summed E-state index contributed by atoms with van der Waals surface area (Å²) in [7, 11) is 0. The predicted octanol–water partition coefficient (Wildman–Crippen LogP) is 3.41. The van der Waals surface area contributed by atoms with E-state index in [1.165, 1.54) is 12.8 Å². The van der Waals surface area contributed by atoms with E-state index in [0.717, 1.165) is 38.4 Å². The summed E-state index contributed by atoms with van der Waals surface area (Å²) >= 11 is 0. The van der Waals surface area contributed by atoms with Gasteiger partial charge in [-0.05, 0) is 58.9 Å². The molecule has 0 saturated carbocycles. The second kappa shape index (κ2) is 7.87. The molecule has 20 heavy (non-hydrogen) atoms. The van der Waals surface area contributed by atoms with E-state index in [1.807, 2.05) is 25.7 Å². The number of ether oxygens (including phenoxy) is 1. The van der Waals surface area contributed by atoms with Crippen LogP contribution < -0.4 is 5.32 Å². The topological polar surface area (TPSA) is 41.6 Å². The fourth-order valence-corrected chi connectivity index (χ4v) is 2.43. The van der Waals surface area contributed by atoms with Crippen molar-refractivity contribution in [2.75, 3.05) is 19.6 Å². The zero-order valence-corrected chi connectivity index (χ0v) is 13.9. The number of hydrogen-bond donors (Lipinski definition) is 1. The van der Waals surface area contributed by atoms with Crippen molar-refractivity contribution < 1.29 is 9.53 Å². The highest BCUT2D eigenvalue weighted by molar-refractivity contribution is 5.68. The van der Waals surface area contributed by atoms with Crippen LogP contribution in [-0.2, 0) is 4.74 Å². The Morgan fingerprint density at radius 2 is 2.05 bits per heavy atom. The van der Waals surface area contributed by atoms with Gasteiger partial charge >= 0.3 is 6.09 Å². The quantitative estimate of drug-likeness (QED) is 0.787. The van der Waals surface area contributed by atoms with Gasteiger partial charge in [-0.3, -0.25) is 0 Å². The molecule has 1 atom stereocenters. The van der Waals surface area contributed by atoms with E-state index in [9.17, 15) is 4.79 Å². The van der Waals surface area contributed by atoms with E-state index in [2.05, 4.69) is 19.2 Å². The van der Waals surface area contributed by atoms with Gasteiger partial charge in [-0.2, -0.15) is 0 Å². The van der Waals surface area contributed by atoms with Crippen LogP contribution in [0.4, 0.5) is 4.79 Å². The Morgan fingerprint density at radius 1 is 1.35 bits per heavy atom. The maximum atomic E-state index is 12.2. The highest BCUT2D eigenvalue weighted by atomic mass is 16.6. The van der Waals surface area contributed by atoms with E-state index >= 15 is 0 Å². The predicted molar refractivity (Wildman–Crippen MR) is 82.9 cm³/mol. The zero-order chi connectivity index (χ0) is 15.2. The summed E-state index contributed by atoms with van der Waals surface area (Å²) in [6, 6.07) is 0.283. The molecular weight excluding hydrogens is 252 g/mol. The van der Waals surface area contributed by atoms with Gasteiger partial charge in [0, 0.05) is 19.1 Å². The second-order valence-corrected chi connectivity index (χ2v) is 7.21. The van der Waals surface area contributed by atoms with Crippen LogP contribution in [0.2, 0.25) is 0 Å². The Balaban J connectivity index is 2.43. The molecule has 0 spiro atoms. The maximum Gasteiger partial charge on any atom is 0.410 e. The Labute approximate surface area is 124 Å². The summed E-state index contributed by atoms with van der Waals surface area (Å²) in [5.74, 6) is 0.718. The van der Waals surface area contributed by atoms with Crippen molar-refractivity contribution in [3.63, 3.8) is 0 Å². The summed E-state index contributed by atoms with van der Waals surface area (Å²) in [6.45, 7) is 13.0. The van der Waals surface area contributed by atoms with Gasteiger partial charge in [-0.1, -0.05) is 13.8 Å². The number of carbonyl (C=O) groups is 1. The average molecular weight is 284 g/mol. The number of carbonyl (C=O) groups excluding carboxylic acids is 1. The lowest BCUT2D eigenvalue weighted by molar-refractivity contribution is 0.00995. The lowest BCUT2D eigenvalue weighted by Gasteiger charge is -2.37. The van der Waals surface area contributed by atoms with Crippen LogP contribution in [-0.4, -0.2) is 42.3 Å². The minimum atomic E-state index is -0.413. The Morgan fingerprint density at radius 3 is 2.65 bits per heavy atom. The van der Waals surface area contributed by atoms with E-state index in [1.54, 1.807) is 0 Å². The molecule has 4 heteroatoms. The molecule has 0 bridgehead atoms. The van der Waals surface area contributed by atoms with Crippen LogP contribution in [0.1, 0.15) is 60.3 Å². The van der Waals surface area contributed by atoms with Crippen LogP contribution in [0, 0.1) is 5.92 Å². The van der Waals surface area contributed by atoms with Crippen molar-refractivity contribution in [2.24, 2.45) is 5.92 Å². The van der Waals surface area contributed by atoms with Gasteiger partial charge in [0.15, 0.2) is 0 Å². The van der Waals surface area contributed by atoms with Crippen molar-refractivity contribution in [1.29, 1.82) is 0 Å². The number of amides is 1. The summed E-state index contributed by atoms with van der Waals surface area (Å²) in [4.78, 5) is 14.2. The van der Waals surface area contributed by atoms with Crippen LogP contribution >= 0.6 is 0 Å². The molecule has 1 aliphatic rings. The van der Waals surface area contributed by atoms with E-state index in [-0.39, 0.29) is 12.1 Å². The number of rotatable bonds is 5. The SMILES string of the molecule is CC(C)CCNCC1CCCCN1C(=O)OC(C)(C)C. The molecule has 1 saturated heterocycles. The number of hydrogen-bond acceptors (Lipinski definition) is 3. The lowest BCUT2D eigenvalue weighted by atomic mass is 10.0. The first-order valence-corrected chi connectivity index (χ1v) is 8.00. The van der Waals surface area contributed by atoms with Gasteiger partial charge in [0.25, 0.3) is 0 Å². The molecule has 1 aliphatic heterocycles. The van der Waals surface area contributed by atoms with E-state index in [4.69, 9.17) is 4.74 Å². The molecule has 1 unspecified atom stereocenters. The first-order valence-electron chi connectivity index (χ1n) is 8.00. The number of likely N-dealkylation sites (tertiary alicyclic amines) is 1. The molecule has 1 heterocycles. The maximum absolute atomic E-state index is 12.2. The Hall–Kier alpha value is -0.770. The van der Waals surface area contributed by atoms with Crippen LogP contribution in [0.25, 0.3) is 0 Å². The fraction of sp³-hybridized carbons (Fsp3) is 0.938. The third kappa shape index (κ3) is 6.60.